The quantitative estimate of drug-likeness (QED) is 0.782. The summed E-state index contributed by atoms with van der Waals surface area (Å²) in [5.41, 5.74) is -0.555. The summed E-state index contributed by atoms with van der Waals surface area (Å²) in [6.45, 7) is 7.09. The molecule has 1 spiro atoms. The van der Waals surface area contributed by atoms with Gasteiger partial charge in [-0.2, -0.15) is 0 Å². The van der Waals surface area contributed by atoms with Crippen LogP contribution in [0.25, 0.3) is 0 Å². The Kier molecular flexibility index (Phi) is 3.47. The molecule has 0 aliphatic carbocycles. The highest BCUT2D eigenvalue weighted by atomic mass is 16.6. The van der Waals surface area contributed by atoms with E-state index in [1.54, 1.807) is 4.90 Å². The fourth-order valence-electron chi connectivity index (χ4n) is 2.53. The van der Waals surface area contributed by atoms with Gasteiger partial charge in [-0.25, -0.2) is 9.59 Å². The van der Waals surface area contributed by atoms with E-state index in [-0.39, 0.29) is 11.5 Å². The molecule has 2 saturated heterocycles. The van der Waals surface area contributed by atoms with Crippen LogP contribution in [0.15, 0.2) is 0 Å². The fraction of sp³-hybridized carbons (Fsp3) is 0.846. The molecule has 1 atom stereocenters. The van der Waals surface area contributed by atoms with Crippen molar-refractivity contribution in [3.8, 4) is 0 Å². The minimum absolute atomic E-state index is 0.0666. The van der Waals surface area contributed by atoms with Crippen molar-refractivity contribution in [2.45, 2.75) is 45.3 Å². The van der Waals surface area contributed by atoms with Crippen LogP contribution in [0.5, 0.6) is 0 Å². The summed E-state index contributed by atoms with van der Waals surface area (Å²) in [6, 6.07) is 0. The number of nitrogens with zero attached hydrogens (tertiary/aromatic N) is 1. The number of hydrogen-bond acceptors (Lipinski definition) is 4. The van der Waals surface area contributed by atoms with E-state index in [0.29, 0.717) is 26.1 Å². The highest BCUT2D eigenvalue weighted by molar-refractivity contribution is 5.72. The molecule has 6 heteroatoms. The molecule has 108 valence electrons. The molecule has 0 aromatic carbocycles. The van der Waals surface area contributed by atoms with E-state index in [1.165, 1.54) is 0 Å². The molecule has 6 nitrogen and oxygen atoms in total. The lowest BCUT2D eigenvalue weighted by Gasteiger charge is -2.52. The predicted octanol–water partition coefficient (Wildman–Crippen LogP) is 1.49. The molecule has 2 aliphatic rings. The molecule has 0 aromatic heterocycles. The molecule has 19 heavy (non-hydrogen) atoms. The van der Waals surface area contributed by atoms with Crippen LogP contribution < -0.4 is 0 Å². The molecule has 0 radical (unpaired) electrons. The SMILES string of the molecule is CC(C)(C)OC(=O)N1CC2(CCC(C(=O)O)OC2)C1. The average Bonchev–Trinajstić information content (AvgIpc) is 2.23. The molecule has 0 saturated carbocycles. The predicted molar refractivity (Wildman–Crippen MR) is 66.8 cm³/mol. The van der Waals surface area contributed by atoms with E-state index in [1.807, 2.05) is 20.8 Å². The van der Waals surface area contributed by atoms with Crippen LogP contribution in [0.4, 0.5) is 4.79 Å². The maximum Gasteiger partial charge on any atom is 0.410 e. The first-order valence-corrected chi connectivity index (χ1v) is 6.53. The van der Waals surface area contributed by atoms with Crippen molar-refractivity contribution in [1.82, 2.24) is 4.90 Å². The third-order valence-corrected chi connectivity index (χ3v) is 3.51. The lowest BCUT2D eigenvalue weighted by atomic mass is 9.74. The molecule has 1 N–H and O–H groups in total. The number of carboxylic acids is 1. The Morgan fingerprint density at radius 3 is 2.42 bits per heavy atom. The van der Waals surface area contributed by atoms with Gasteiger partial charge in [0.05, 0.1) is 6.61 Å². The second-order valence-electron chi connectivity index (χ2n) is 6.51. The minimum atomic E-state index is -0.904. The average molecular weight is 271 g/mol. The van der Waals surface area contributed by atoms with Crippen molar-refractivity contribution < 1.29 is 24.2 Å². The monoisotopic (exact) mass is 271 g/mol. The number of likely N-dealkylation sites (tertiary alicyclic amines) is 1. The zero-order valence-corrected chi connectivity index (χ0v) is 11.6. The fourth-order valence-corrected chi connectivity index (χ4v) is 2.53. The normalized spacial score (nSPS) is 25.8. The third-order valence-electron chi connectivity index (χ3n) is 3.51. The summed E-state index contributed by atoms with van der Waals surface area (Å²) < 4.78 is 10.6. The second-order valence-corrected chi connectivity index (χ2v) is 6.51. The van der Waals surface area contributed by atoms with Crippen molar-refractivity contribution in [2.24, 2.45) is 5.41 Å². The molecule has 2 aliphatic heterocycles. The van der Waals surface area contributed by atoms with Crippen LogP contribution in [-0.4, -0.2) is 53.5 Å². The van der Waals surface area contributed by atoms with E-state index < -0.39 is 17.7 Å². The maximum atomic E-state index is 11.8. The highest BCUT2D eigenvalue weighted by Crippen LogP contribution is 2.40. The van der Waals surface area contributed by atoms with E-state index in [2.05, 4.69) is 0 Å². The number of carbonyl (C=O) groups excluding carboxylic acids is 1. The highest BCUT2D eigenvalue weighted by Gasteiger charge is 2.49. The molecule has 0 bridgehead atoms. The first-order chi connectivity index (χ1) is 8.71. The van der Waals surface area contributed by atoms with Crippen molar-refractivity contribution in [3.63, 3.8) is 0 Å². The molecular weight excluding hydrogens is 250 g/mol. The first kappa shape index (κ1) is 14.1. The van der Waals surface area contributed by atoms with Gasteiger partial charge in [-0.15, -0.1) is 0 Å². The van der Waals surface area contributed by atoms with Crippen LogP contribution in [0.2, 0.25) is 0 Å². The number of carboxylic acid groups (broad SMARTS) is 1. The van der Waals surface area contributed by atoms with Gasteiger partial charge in [0, 0.05) is 18.5 Å². The molecule has 2 fully saturated rings. The molecule has 2 heterocycles. The van der Waals surface area contributed by atoms with Gasteiger partial charge in [0.2, 0.25) is 0 Å². The van der Waals surface area contributed by atoms with E-state index in [9.17, 15) is 9.59 Å². The van der Waals surface area contributed by atoms with Crippen LogP contribution in [-0.2, 0) is 14.3 Å². The van der Waals surface area contributed by atoms with Crippen LogP contribution >= 0.6 is 0 Å². The summed E-state index contributed by atoms with van der Waals surface area (Å²) in [6.07, 6.45) is 0.292. The molecule has 0 aromatic rings. The van der Waals surface area contributed by atoms with E-state index in [4.69, 9.17) is 14.6 Å². The van der Waals surface area contributed by atoms with Gasteiger partial charge in [0.15, 0.2) is 6.10 Å². The molecule has 1 amide bonds. The van der Waals surface area contributed by atoms with Crippen LogP contribution in [0.1, 0.15) is 33.6 Å². The lowest BCUT2D eigenvalue weighted by Crippen LogP contribution is -2.63. The molecule has 1 unspecified atom stereocenters. The Hall–Kier alpha value is -1.30. The summed E-state index contributed by atoms with van der Waals surface area (Å²) in [5.74, 6) is -0.904. The number of carbonyl (C=O) groups is 2. The Balaban J connectivity index is 1.80. The maximum absolute atomic E-state index is 11.8. The van der Waals surface area contributed by atoms with Gasteiger partial charge >= 0.3 is 12.1 Å². The number of aliphatic carboxylic acids is 1. The topological polar surface area (TPSA) is 76.1 Å². The standard InChI is InChI=1S/C13H21NO5/c1-12(2,3)19-11(17)14-6-13(7-14)5-4-9(10(15)16)18-8-13/h9H,4-8H2,1-3H3,(H,15,16). The van der Waals surface area contributed by atoms with Crippen molar-refractivity contribution >= 4 is 12.1 Å². The third kappa shape index (κ3) is 3.18. The van der Waals surface area contributed by atoms with E-state index >= 15 is 0 Å². The van der Waals surface area contributed by atoms with Crippen LogP contribution in [0.3, 0.4) is 0 Å². The number of rotatable bonds is 1. The smallest absolute Gasteiger partial charge is 0.410 e. The number of hydrogen-bond donors (Lipinski definition) is 1. The van der Waals surface area contributed by atoms with Gasteiger partial charge in [0.1, 0.15) is 5.60 Å². The summed E-state index contributed by atoms with van der Waals surface area (Å²) in [5, 5.41) is 8.86. The van der Waals surface area contributed by atoms with Crippen LogP contribution in [0, 0.1) is 5.41 Å². The Labute approximate surface area is 112 Å². The van der Waals surface area contributed by atoms with Gasteiger partial charge in [-0.05, 0) is 33.6 Å². The first-order valence-electron chi connectivity index (χ1n) is 6.53. The number of ether oxygens (including phenoxy) is 2. The Morgan fingerprint density at radius 1 is 1.37 bits per heavy atom. The van der Waals surface area contributed by atoms with Crippen molar-refractivity contribution in [3.05, 3.63) is 0 Å². The second kappa shape index (κ2) is 4.67. The zero-order valence-electron chi connectivity index (χ0n) is 11.6. The summed E-state index contributed by atoms with van der Waals surface area (Å²) in [7, 11) is 0. The summed E-state index contributed by atoms with van der Waals surface area (Å²) >= 11 is 0. The van der Waals surface area contributed by atoms with Gasteiger partial charge in [-0.1, -0.05) is 0 Å². The number of amides is 1. The van der Waals surface area contributed by atoms with Gasteiger partial charge in [-0.3, -0.25) is 0 Å². The molecule has 2 rings (SSSR count). The largest absolute Gasteiger partial charge is 0.479 e. The van der Waals surface area contributed by atoms with Gasteiger partial charge < -0.3 is 19.5 Å². The van der Waals surface area contributed by atoms with E-state index in [0.717, 1.165) is 6.42 Å². The van der Waals surface area contributed by atoms with Crippen molar-refractivity contribution in [1.29, 1.82) is 0 Å². The Morgan fingerprint density at radius 2 is 2.00 bits per heavy atom. The van der Waals surface area contributed by atoms with Gasteiger partial charge in [0.25, 0.3) is 0 Å². The van der Waals surface area contributed by atoms with Crippen molar-refractivity contribution in [2.75, 3.05) is 19.7 Å². The molecular formula is C13H21NO5. The minimum Gasteiger partial charge on any atom is -0.479 e. The lowest BCUT2D eigenvalue weighted by molar-refractivity contribution is -0.169. The Bertz CT molecular complexity index is 371. The summed E-state index contributed by atoms with van der Waals surface area (Å²) in [4.78, 5) is 24.2. The zero-order chi connectivity index (χ0) is 14.3.